The summed E-state index contributed by atoms with van der Waals surface area (Å²) in [6, 6.07) is 4.71. The molecule has 0 amide bonds. The third-order valence-corrected chi connectivity index (χ3v) is 7.65. The van der Waals surface area contributed by atoms with Crippen molar-refractivity contribution < 1.29 is 0 Å². The Labute approximate surface area is 196 Å². The molecule has 1 aliphatic carbocycles. The van der Waals surface area contributed by atoms with E-state index in [0.29, 0.717) is 11.3 Å². The largest absolute Gasteiger partial charge is 0.382 e. The van der Waals surface area contributed by atoms with Crippen molar-refractivity contribution in [2.45, 2.75) is 75.0 Å². The summed E-state index contributed by atoms with van der Waals surface area (Å²) < 4.78 is 3.48. The Kier molecular flexibility index (Phi) is 6.55. The highest BCUT2D eigenvalue weighted by atomic mass is 127. The van der Waals surface area contributed by atoms with Crippen LogP contribution in [0.2, 0.25) is 0 Å². The molecule has 30 heavy (non-hydrogen) atoms. The molecule has 0 saturated heterocycles. The summed E-state index contributed by atoms with van der Waals surface area (Å²) in [4.78, 5) is 14.7. The minimum absolute atomic E-state index is 0.112. The van der Waals surface area contributed by atoms with Crippen LogP contribution in [-0.2, 0) is 19.4 Å². The van der Waals surface area contributed by atoms with Gasteiger partial charge in [-0.15, -0.1) is 0 Å². The fourth-order valence-corrected chi connectivity index (χ4v) is 5.66. The van der Waals surface area contributed by atoms with Gasteiger partial charge in [-0.05, 0) is 105 Å². The lowest BCUT2D eigenvalue weighted by molar-refractivity contribution is 0.412. The predicted octanol–water partition coefficient (Wildman–Crippen LogP) is 4.82. The van der Waals surface area contributed by atoms with Gasteiger partial charge in [0.2, 0.25) is 0 Å². The number of nitrogens with one attached hydrogen (secondary N) is 1. The minimum Gasteiger partial charge on any atom is -0.382 e. The van der Waals surface area contributed by atoms with Crippen LogP contribution in [0.3, 0.4) is 0 Å². The number of fused-ring (bicyclic) bond motifs is 2. The van der Waals surface area contributed by atoms with Crippen LogP contribution in [0.5, 0.6) is 0 Å². The zero-order valence-corrected chi connectivity index (χ0v) is 20.8. The van der Waals surface area contributed by atoms with Crippen molar-refractivity contribution in [3.8, 4) is 0 Å². The van der Waals surface area contributed by atoms with Crippen LogP contribution in [0.25, 0.3) is 11.2 Å². The van der Waals surface area contributed by atoms with Crippen molar-refractivity contribution in [3.63, 3.8) is 0 Å². The van der Waals surface area contributed by atoms with Gasteiger partial charge in [-0.2, -0.15) is 0 Å². The molecule has 0 spiro atoms. The fourth-order valence-electron chi connectivity index (χ4n) is 3.82. The van der Waals surface area contributed by atoms with E-state index in [2.05, 4.69) is 75.3 Å². The summed E-state index contributed by atoms with van der Waals surface area (Å²) >= 11 is 4.17. The van der Waals surface area contributed by atoms with E-state index in [9.17, 15) is 0 Å². The first kappa shape index (κ1) is 21.8. The Hall–Kier alpha value is -1.39. The summed E-state index contributed by atoms with van der Waals surface area (Å²) in [6.45, 7) is 8.33. The summed E-state index contributed by atoms with van der Waals surface area (Å²) in [6.07, 6.45) is 7.46. The number of nitrogens with zero attached hydrogens (tertiary/aromatic N) is 4. The standard InChI is InChI=1S/C22H29IN6S/c1-22(2,3)27-9-6-10-29-20-18(19(24)25-13-26-20)28-21(29)30-17-12-15-8-5-4-7-14(15)11-16(17)23/h11-13,27H,4-10H2,1-3H3,(H2,24,25,26). The minimum atomic E-state index is 0.112. The number of hydrogen-bond acceptors (Lipinski definition) is 6. The third-order valence-electron chi connectivity index (χ3n) is 5.34. The molecular weight excluding hydrogens is 507 g/mol. The SMILES string of the molecule is CC(C)(C)NCCCn1c(Sc2cc3c(cc2I)CCCC3)nc2c(N)ncnc21. The molecule has 0 unspecified atom stereocenters. The lowest BCUT2D eigenvalue weighted by Crippen LogP contribution is -2.36. The maximum absolute atomic E-state index is 6.11. The van der Waals surface area contributed by atoms with Gasteiger partial charge in [0.05, 0.1) is 0 Å². The van der Waals surface area contributed by atoms with Crippen LogP contribution in [-0.4, -0.2) is 31.6 Å². The van der Waals surface area contributed by atoms with Crippen LogP contribution >= 0.6 is 34.4 Å². The molecule has 8 heteroatoms. The Morgan fingerprint density at radius 2 is 1.90 bits per heavy atom. The number of aromatic nitrogens is 4. The van der Waals surface area contributed by atoms with Gasteiger partial charge in [0.25, 0.3) is 0 Å². The van der Waals surface area contributed by atoms with Gasteiger partial charge in [0, 0.05) is 20.5 Å². The number of aryl methyl sites for hydroxylation is 3. The first-order valence-electron chi connectivity index (χ1n) is 10.5. The van der Waals surface area contributed by atoms with Gasteiger partial charge in [0.1, 0.15) is 6.33 Å². The van der Waals surface area contributed by atoms with E-state index in [1.54, 1.807) is 11.8 Å². The first-order valence-corrected chi connectivity index (χ1v) is 12.4. The van der Waals surface area contributed by atoms with Crippen molar-refractivity contribution in [3.05, 3.63) is 33.2 Å². The zero-order chi connectivity index (χ0) is 21.3. The van der Waals surface area contributed by atoms with Crippen LogP contribution in [0, 0.1) is 3.57 Å². The summed E-state index contributed by atoms with van der Waals surface area (Å²) in [5.41, 5.74) is 10.7. The fraction of sp³-hybridized carbons (Fsp3) is 0.500. The van der Waals surface area contributed by atoms with E-state index in [1.807, 2.05) is 0 Å². The number of rotatable bonds is 6. The van der Waals surface area contributed by atoms with Crippen molar-refractivity contribution in [2.24, 2.45) is 0 Å². The molecule has 0 fully saturated rings. The molecule has 6 nitrogen and oxygen atoms in total. The normalized spacial score (nSPS) is 14.3. The van der Waals surface area contributed by atoms with E-state index >= 15 is 0 Å². The monoisotopic (exact) mass is 536 g/mol. The van der Waals surface area contributed by atoms with Gasteiger partial charge in [-0.3, -0.25) is 0 Å². The molecular formula is C22H29IN6S. The number of anilines is 1. The Bertz CT molecular complexity index is 1060. The van der Waals surface area contributed by atoms with Crippen molar-refractivity contribution in [2.75, 3.05) is 12.3 Å². The number of halogens is 1. The summed E-state index contributed by atoms with van der Waals surface area (Å²) in [7, 11) is 0. The Morgan fingerprint density at radius 1 is 1.17 bits per heavy atom. The second kappa shape index (κ2) is 9.00. The van der Waals surface area contributed by atoms with Crippen molar-refractivity contribution in [1.82, 2.24) is 24.8 Å². The second-order valence-corrected chi connectivity index (χ2v) is 11.0. The molecule has 0 saturated carbocycles. The molecule has 0 radical (unpaired) electrons. The van der Waals surface area contributed by atoms with E-state index in [0.717, 1.165) is 30.3 Å². The van der Waals surface area contributed by atoms with Gasteiger partial charge < -0.3 is 15.6 Å². The molecule has 3 N–H and O–H groups in total. The molecule has 4 rings (SSSR count). The maximum Gasteiger partial charge on any atom is 0.175 e. The predicted molar refractivity (Wildman–Crippen MR) is 132 cm³/mol. The molecule has 2 heterocycles. The van der Waals surface area contributed by atoms with Crippen LogP contribution in [0.4, 0.5) is 5.82 Å². The highest BCUT2D eigenvalue weighted by Gasteiger charge is 2.19. The Balaban J connectivity index is 1.64. The highest BCUT2D eigenvalue weighted by Crippen LogP contribution is 2.36. The molecule has 0 bridgehead atoms. The van der Waals surface area contributed by atoms with Crippen molar-refractivity contribution >= 4 is 51.3 Å². The van der Waals surface area contributed by atoms with E-state index in [4.69, 9.17) is 10.7 Å². The summed E-state index contributed by atoms with van der Waals surface area (Å²) in [5.74, 6) is 0.438. The maximum atomic E-state index is 6.11. The quantitative estimate of drug-likeness (QED) is 0.347. The first-order chi connectivity index (χ1) is 14.3. The lowest BCUT2D eigenvalue weighted by Gasteiger charge is -2.20. The molecule has 0 atom stereocenters. The highest BCUT2D eigenvalue weighted by molar-refractivity contribution is 14.1. The van der Waals surface area contributed by atoms with Gasteiger partial charge in [-0.1, -0.05) is 11.8 Å². The molecule has 160 valence electrons. The van der Waals surface area contributed by atoms with Gasteiger partial charge >= 0.3 is 0 Å². The van der Waals surface area contributed by atoms with Crippen LogP contribution in [0.1, 0.15) is 51.2 Å². The number of imidazole rings is 1. The number of nitrogen functional groups attached to an aromatic ring is 1. The third kappa shape index (κ3) is 4.91. The van der Waals surface area contributed by atoms with Gasteiger partial charge in [0.15, 0.2) is 22.1 Å². The number of benzene rings is 1. The Morgan fingerprint density at radius 3 is 2.63 bits per heavy atom. The van der Waals surface area contributed by atoms with Crippen LogP contribution in [0.15, 0.2) is 28.5 Å². The van der Waals surface area contributed by atoms with Crippen molar-refractivity contribution in [1.29, 1.82) is 0 Å². The van der Waals surface area contributed by atoms with Gasteiger partial charge in [-0.25, -0.2) is 15.0 Å². The van der Waals surface area contributed by atoms with E-state index < -0.39 is 0 Å². The lowest BCUT2D eigenvalue weighted by atomic mass is 9.92. The molecule has 2 aromatic heterocycles. The number of nitrogens with two attached hydrogens (primary N) is 1. The topological polar surface area (TPSA) is 81.7 Å². The summed E-state index contributed by atoms with van der Waals surface area (Å²) in [5, 5.41) is 4.49. The number of hydrogen-bond donors (Lipinski definition) is 2. The van der Waals surface area contributed by atoms with E-state index in [1.165, 1.54) is 51.6 Å². The molecule has 3 aromatic rings. The molecule has 1 aliphatic rings. The second-order valence-electron chi connectivity index (χ2n) is 8.87. The average molecular weight is 536 g/mol. The van der Waals surface area contributed by atoms with Crippen LogP contribution < -0.4 is 11.1 Å². The smallest absolute Gasteiger partial charge is 0.175 e. The van der Waals surface area contributed by atoms with E-state index in [-0.39, 0.29) is 5.54 Å². The molecule has 0 aliphatic heterocycles. The average Bonchev–Trinajstić information content (AvgIpc) is 3.04. The zero-order valence-electron chi connectivity index (χ0n) is 17.8. The molecule has 1 aromatic carbocycles.